The fourth-order valence-electron chi connectivity index (χ4n) is 2.45. The van der Waals surface area contributed by atoms with Crippen molar-refractivity contribution in [1.82, 2.24) is 3.12 Å². The molecular weight excluding hydrogens is 365 g/mol. The average Bonchev–Trinajstić information content (AvgIpc) is 2.76. The van der Waals surface area contributed by atoms with Gasteiger partial charge in [0.15, 0.2) is 0 Å². The second kappa shape index (κ2) is 6.21. The van der Waals surface area contributed by atoms with Crippen LogP contribution in [0.15, 0.2) is 36.9 Å². The van der Waals surface area contributed by atoms with Gasteiger partial charge >= 0.3 is 124 Å². The van der Waals surface area contributed by atoms with E-state index in [2.05, 4.69) is 6.58 Å². The van der Waals surface area contributed by atoms with Gasteiger partial charge in [-0.1, -0.05) is 0 Å². The summed E-state index contributed by atoms with van der Waals surface area (Å²) < 4.78 is 2.60. The fraction of sp³-hybridized carbons (Fsp3) is 0.214. The maximum absolute atomic E-state index is 11.9. The van der Waals surface area contributed by atoms with Crippen LogP contribution in [-0.4, -0.2) is 46.0 Å². The van der Waals surface area contributed by atoms with Crippen molar-refractivity contribution < 1.29 is 19.5 Å². The number of carbonyl (C=O) groups excluding carboxylic acids is 2. The Bertz CT molecular complexity index is 568. The molecule has 1 aromatic rings. The topological polar surface area (TPSA) is 74.7 Å². The summed E-state index contributed by atoms with van der Waals surface area (Å²) in [5.41, 5.74) is 0.197. The van der Waals surface area contributed by atoms with Crippen LogP contribution in [0.2, 0.25) is 4.44 Å². The molecule has 1 aromatic carbocycles. The second-order valence-corrected chi connectivity index (χ2v) is 12.1. The fourth-order valence-corrected chi connectivity index (χ4v) is 10.8. The summed E-state index contributed by atoms with van der Waals surface area (Å²) in [4.78, 5) is 35.2. The van der Waals surface area contributed by atoms with Crippen LogP contribution in [0.5, 0.6) is 0 Å². The number of carboxylic acid groups (broad SMARTS) is 1. The Morgan fingerprint density at radius 3 is 2.45 bits per heavy atom. The Kier molecular flexibility index (Phi) is 4.59. The van der Waals surface area contributed by atoms with E-state index in [1.807, 2.05) is 0 Å². The van der Waals surface area contributed by atoms with Crippen LogP contribution >= 0.6 is 0 Å². The number of imide groups is 1. The van der Waals surface area contributed by atoms with Crippen LogP contribution < -0.4 is 3.58 Å². The van der Waals surface area contributed by atoms with Crippen LogP contribution in [0.3, 0.4) is 0 Å². The Labute approximate surface area is 124 Å². The standard InChI is InChI=1S/C7H5O2.C4H5NO2.C3H5.Sn.H/c8-7(9)6-4-2-1-3-5-6;6-3-1-2-4(7)5-3;1-3-2;;/h1-4H,(H,8,9);1-2H2,(H,5,6,7);3H,1-2H2;;/q;;;+1;/p-1. The zero-order valence-corrected chi connectivity index (χ0v) is 14.2. The van der Waals surface area contributed by atoms with Gasteiger partial charge in [0.2, 0.25) is 0 Å². The van der Waals surface area contributed by atoms with Gasteiger partial charge < -0.3 is 0 Å². The molecule has 0 bridgehead atoms. The first-order valence-electron chi connectivity index (χ1n) is 6.34. The second-order valence-electron chi connectivity index (χ2n) is 4.59. The number of rotatable bonds is 5. The Balaban J connectivity index is 2.48. The quantitative estimate of drug-likeness (QED) is 0.463. The van der Waals surface area contributed by atoms with Crippen molar-refractivity contribution in [2.24, 2.45) is 0 Å². The van der Waals surface area contributed by atoms with Gasteiger partial charge in [-0.2, -0.15) is 0 Å². The van der Waals surface area contributed by atoms with Crippen LogP contribution in [0, 0.1) is 0 Å². The summed E-state index contributed by atoms with van der Waals surface area (Å²) in [5, 5.41) is 9.28. The van der Waals surface area contributed by atoms with E-state index < -0.39 is 26.0 Å². The van der Waals surface area contributed by atoms with Crippen molar-refractivity contribution >= 4 is 41.4 Å². The molecule has 1 unspecified atom stereocenters. The number of amides is 2. The molecular formula is C14H15NO4Sn. The van der Waals surface area contributed by atoms with E-state index in [1.54, 1.807) is 24.3 Å². The summed E-state index contributed by atoms with van der Waals surface area (Å²) in [6.45, 7) is 3.68. The molecule has 1 aliphatic rings. The molecule has 0 spiro atoms. The first-order valence-corrected chi connectivity index (χ1v) is 11.8. The summed E-state index contributed by atoms with van der Waals surface area (Å²) in [5.74, 6) is -1.36. The maximum atomic E-state index is 11.9. The normalized spacial score (nSPS) is 16.3. The molecule has 1 heterocycles. The zero-order valence-electron chi connectivity index (χ0n) is 10.9. The molecule has 1 N–H and O–H groups in total. The van der Waals surface area contributed by atoms with Gasteiger partial charge in [-0.25, -0.2) is 0 Å². The molecule has 20 heavy (non-hydrogen) atoms. The van der Waals surface area contributed by atoms with Crippen molar-refractivity contribution in [3.63, 3.8) is 0 Å². The van der Waals surface area contributed by atoms with Crippen molar-refractivity contribution in [3.8, 4) is 0 Å². The number of hydrogen-bond acceptors (Lipinski definition) is 3. The van der Waals surface area contributed by atoms with E-state index in [0.29, 0.717) is 8.02 Å². The third kappa shape index (κ3) is 2.77. The van der Waals surface area contributed by atoms with Crippen molar-refractivity contribution in [3.05, 3.63) is 42.5 Å². The predicted octanol–water partition coefficient (Wildman–Crippen LogP) is 0.651. The van der Waals surface area contributed by atoms with Gasteiger partial charge in [-0.3, -0.25) is 0 Å². The molecule has 1 fully saturated rings. The molecule has 5 nitrogen and oxygen atoms in total. The minimum atomic E-state index is -3.05. The van der Waals surface area contributed by atoms with Crippen LogP contribution in [0.25, 0.3) is 0 Å². The van der Waals surface area contributed by atoms with E-state index >= 15 is 0 Å². The Hall–Kier alpha value is -1.63. The van der Waals surface area contributed by atoms with Crippen molar-refractivity contribution in [2.75, 3.05) is 0 Å². The SMILES string of the molecule is C=C[CH2][SnH]([c]1ccccc1C(=O)O)[N]1C(=O)CCC1=O. The molecule has 0 aromatic heterocycles. The third-order valence-corrected chi connectivity index (χ3v) is 12.5. The number of nitrogens with zero attached hydrogens (tertiary/aromatic N) is 1. The van der Waals surface area contributed by atoms with E-state index in [0.717, 1.165) is 0 Å². The third-order valence-electron chi connectivity index (χ3n) is 3.34. The Morgan fingerprint density at radius 1 is 1.30 bits per heavy atom. The number of allylic oxidation sites excluding steroid dienone is 1. The van der Waals surface area contributed by atoms with Gasteiger partial charge in [-0.05, 0) is 0 Å². The molecule has 1 atom stereocenters. The number of carbonyl (C=O) groups is 3. The first kappa shape index (κ1) is 14.8. The van der Waals surface area contributed by atoms with Gasteiger partial charge in [0.1, 0.15) is 0 Å². The van der Waals surface area contributed by atoms with E-state index in [9.17, 15) is 19.5 Å². The molecule has 0 saturated carbocycles. The first-order chi connectivity index (χ1) is 9.56. The van der Waals surface area contributed by atoms with Crippen LogP contribution in [0.4, 0.5) is 0 Å². The molecule has 1 aliphatic heterocycles. The van der Waals surface area contributed by atoms with Gasteiger partial charge in [-0.15, -0.1) is 0 Å². The molecule has 0 aliphatic carbocycles. The minimum absolute atomic E-state index is 0.169. The number of aromatic carboxylic acids is 1. The molecule has 104 valence electrons. The number of benzene rings is 1. The number of carboxylic acids is 1. The summed E-state index contributed by atoms with van der Waals surface area (Å²) in [7, 11) is 0. The number of hydrogen-bond donors (Lipinski definition) is 1. The van der Waals surface area contributed by atoms with Gasteiger partial charge in [0, 0.05) is 0 Å². The predicted molar refractivity (Wildman–Crippen MR) is 76.3 cm³/mol. The zero-order chi connectivity index (χ0) is 14.7. The van der Waals surface area contributed by atoms with Crippen LogP contribution in [0.1, 0.15) is 23.2 Å². The average molecular weight is 380 g/mol. The summed E-state index contributed by atoms with van der Waals surface area (Å²) >= 11 is -3.05. The van der Waals surface area contributed by atoms with Gasteiger partial charge in [0.25, 0.3) is 0 Å². The van der Waals surface area contributed by atoms with Crippen LogP contribution in [-0.2, 0) is 9.59 Å². The molecule has 6 heteroatoms. The van der Waals surface area contributed by atoms with E-state index in [4.69, 9.17) is 0 Å². The van der Waals surface area contributed by atoms with E-state index in [1.165, 1.54) is 9.19 Å². The van der Waals surface area contributed by atoms with Gasteiger partial charge in [0.05, 0.1) is 0 Å². The summed E-state index contributed by atoms with van der Waals surface area (Å²) in [6, 6.07) is 6.65. The van der Waals surface area contributed by atoms with E-state index in [-0.39, 0.29) is 30.2 Å². The molecule has 1 saturated heterocycles. The van der Waals surface area contributed by atoms with Crippen molar-refractivity contribution in [1.29, 1.82) is 0 Å². The monoisotopic (exact) mass is 381 g/mol. The molecule has 0 radical (unpaired) electrons. The molecule has 2 amide bonds. The Morgan fingerprint density at radius 2 is 1.90 bits per heavy atom. The molecule has 2 rings (SSSR count). The summed E-state index contributed by atoms with van der Waals surface area (Å²) in [6.07, 6.45) is 2.15. The van der Waals surface area contributed by atoms with Crippen molar-refractivity contribution in [2.45, 2.75) is 17.3 Å².